The maximum Gasteiger partial charge on any atom is 0.234 e. The number of aromatic nitrogens is 5. The molecule has 0 saturated heterocycles. The molecule has 0 spiro atoms. The fraction of sp³-hybridized carbons (Fsp3) is 0.400. The van der Waals surface area contributed by atoms with E-state index in [1.165, 1.54) is 27.6 Å². The van der Waals surface area contributed by atoms with Gasteiger partial charge >= 0.3 is 0 Å². The number of fused-ring (bicyclic) bond motifs is 1. The van der Waals surface area contributed by atoms with Gasteiger partial charge < -0.3 is 11.2 Å². The number of anilines is 1. The number of nitrogen functional groups attached to an aromatic ring is 1. The summed E-state index contributed by atoms with van der Waals surface area (Å²) in [4.78, 5) is 12.3. The summed E-state index contributed by atoms with van der Waals surface area (Å²) in [5.41, 5.74) is 5.12. The maximum atomic E-state index is 12.3. The van der Waals surface area contributed by atoms with E-state index < -0.39 is 0 Å². The molecule has 1 aliphatic carbocycles. The quantitative estimate of drug-likeness (QED) is 0.406. The molecule has 4 N–H and O–H groups in total. The number of carbonyl (C=O) groups excluding carboxylic acids is 1. The van der Waals surface area contributed by atoms with Crippen molar-refractivity contribution in [3.63, 3.8) is 0 Å². The Labute approximate surface area is 173 Å². The Morgan fingerprint density at radius 3 is 2.86 bits per heavy atom. The molecule has 4 rings (SSSR count). The van der Waals surface area contributed by atoms with Crippen molar-refractivity contribution in [2.45, 2.75) is 50.6 Å². The number of amides is 1. The first-order chi connectivity index (χ1) is 14.1. The molecule has 0 aliphatic heterocycles. The summed E-state index contributed by atoms with van der Waals surface area (Å²) in [6.07, 6.45) is 4.16. The van der Waals surface area contributed by atoms with Crippen molar-refractivity contribution >= 4 is 23.4 Å². The number of hydrogen-bond donors (Lipinski definition) is 3. The van der Waals surface area contributed by atoms with Crippen molar-refractivity contribution in [2.75, 3.05) is 16.9 Å². The van der Waals surface area contributed by atoms with Crippen molar-refractivity contribution in [1.29, 1.82) is 0 Å². The number of hydrogen-bond acceptors (Lipinski definition) is 6. The number of nitrogens with two attached hydrogens (primary N) is 1. The summed E-state index contributed by atoms with van der Waals surface area (Å²) in [5.74, 6) is 7.28. The molecular weight excluding hydrogens is 386 g/mol. The lowest BCUT2D eigenvalue weighted by molar-refractivity contribution is -0.113. The van der Waals surface area contributed by atoms with Gasteiger partial charge in [-0.05, 0) is 49.3 Å². The lowest BCUT2D eigenvalue weighted by Gasteiger charge is -2.10. The second-order valence-corrected chi connectivity index (χ2v) is 8.27. The van der Waals surface area contributed by atoms with E-state index in [1.807, 2.05) is 12.1 Å². The number of nitrogens with one attached hydrogen (secondary N) is 2. The number of nitrogens with zero attached hydrogens (tertiary/aromatic N) is 4. The molecule has 2 aromatic heterocycles. The lowest BCUT2D eigenvalue weighted by atomic mass is 9.99. The van der Waals surface area contributed by atoms with Crippen LogP contribution in [0.2, 0.25) is 0 Å². The zero-order valence-electron chi connectivity index (χ0n) is 16.6. The van der Waals surface area contributed by atoms with Crippen LogP contribution in [0, 0.1) is 0 Å². The Hall–Kier alpha value is -2.81. The molecule has 8 nitrogen and oxygen atoms in total. The highest BCUT2D eigenvalue weighted by Gasteiger charge is 2.24. The number of carbonyl (C=O) groups is 1. The summed E-state index contributed by atoms with van der Waals surface area (Å²) >= 11 is 1.25. The van der Waals surface area contributed by atoms with Crippen LogP contribution in [0.25, 0.3) is 11.5 Å². The minimum atomic E-state index is -0.114. The van der Waals surface area contributed by atoms with E-state index in [0.717, 1.165) is 42.8 Å². The molecule has 152 valence electrons. The van der Waals surface area contributed by atoms with Gasteiger partial charge in [-0.15, -0.1) is 10.2 Å². The van der Waals surface area contributed by atoms with E-state index in [4.69, 9.17) is 5.84 Å². The number of thioether (sulfide) groups is 1. The molecule has 1 aliphatic rings. The average molecular weight is 412 g/mol. The summed E-state index contributed by atoms with van der Waals surface area (Å²) in [7, 11) is 0. The zero-order valence-corrected chi connectivity index (χ0v) is 17.4. The fourth-order valence-corrected chi connectivity index (χ4v) is 4.16. The Morgan fingerprint density at radius 1 is 1.31 bits per heavy atom. The first-order valence-electron chi connectivity index (χ1n) is 9.86. The number of aromatic amines is 1. The van der Waals surface area contributed by atoms with Crippen LogP contribution < -0.4 is 11.2 Å². The summed E-state index contributed by atoms with van der Waals surface area (Å²) in [5, 5.41) is 19.1. The van der Waals surface area contributed by atoms with Crippen LogP contribution in [0.15, 0.2) is 29.4 Å². The topological polar surface area (TPSA) is 115 Å². The zero-order chi connectivity index (χ0) is 20.4. The van der Waals surface area contributed by atoms with E-state index >= 15 is 0 Å². The van der Waals surface area contributed by atoms with Crippen LogP contribution in [0.3, 0.4) is 0 Å². The third-order valence-corrected chi connectivity index (χ3v) is 6.33. The molecule has 9 heteroatoms. The van der Waals surface area contributed by atoms with Gasteiger partial charge in [-0.25, -0.2) is 4.68 Å². The van der Waals surface area contributed by atoms with Crippen molar-refractivity contribution in [1.82, 2.24) is 25.1 Å². The van der Waals surface area contributed by atoms with Crippen LogP contribution in [0.5, 0.6) is 0 Å². The van der Waals surface area contributed by atoms with Crippen LogP contribution in [0.1, 0.15) is 49.4 Å². The molecule has 1 aromatic carbocycles. The Bertz CT molecular complexity index is 1010. The van der Waals surface area contributed by atoms with Gasteiger partial charge in [-0.1, -0.05) is 37.7 Å². The summed E-state index contributed by atoms with van der Waals surface area (Å²) in [6, 6.07) is 7.99. The average Bonchev–Trinajstić information content (AvgIpc) is 3.43. The summed E-state index contributed by atoms with van der Waals surface area (Å²) < 4.78 is 1.41. The molecule has 0 fully saturated rings. The fourth-order valence-electron chi connectivity index (χ4n) is 3.50. The number of benzene rings is 1. The van der Waals surface area contributed by atoms with Crippen LogP contribution >= 0.6 is 11.8 Å². The molecule has 0 saturated carbocycles. The Balaban J connectivity index is 1.37. The van der Waals surface area contributed by atoms with E-state index in [0.29, 0.717) is 16.9 Å². The van der Waals surface area contributed by atoms with Gasteiger partial charge in [-0.3, -0.25) is 9.89 Å². The van der Waals surface area contributed by atoms with Crippen LogP contribution in [-0.4, -0.2) is 36.7 Å². The van der Waals surface area contributed by atoms with Gasteiger partial charge in [0.15, 0.2) is 0 Å². The number of rotatable bonds is 7. The van der Waals surface area contributed by atoms with Gasteiger partial charge in [0.2, 0.25) is 16.9 Å². The van der Waals surface area contributed by atoms with Gasteiger partial charge in [-0.2, -0.15) is 5.10 Å². The molecule has 3 aromatic rings. The SMILES string of the molecule is CCC(C)c1ccc(NC(=O)CSc2nnc(-c3n[nH]c4c3CCC4)n2N)cc1. The predicted octanol–water partition coefficient (Wildman–Crippen LogP) is 3.12. The van der Waals surface area contributed by atoms with Gasteiger partial charge in [0.1, 0.15) is 5.69 Å². The first kappa shape index (κ1) is 19.5. The number of aryl methyl sites for hydroxylation is 1. The monoisotopic (exact) mass is 411 g/mol. The van der Waals surface area contributed by atoms with Crippen molar-refractivity contribution in [3.05, 3.63) is 41.1 Å². The third kappa shape index (κ3) is 4.00. The normalized spacial score (nSPS) is 14.0. The summed E-state index contributed by atoms with van der Waals surface area (Å²) in [6.45, 7) is 4.36. The first-order valence-corrected chi connectivity index (χ1v) is 10.8. The van der Waals surface area contributed by atoms with E-state index in [1.54, 1.807) is 0 Å². The van der Waals surface area contributed by atoms with Crippen molar-refractivity contribution in [2.24, 2.45) is 0 Å². The van der Waals surface area contributed by atoms with Crippen molar-refractivity contribution in [3.8, 4) is 11.5 Å². The molecule has 0 bridgehead atoms. The standard InChI is InChI=1S/C20H25N7OS/c1-3-12(2)13-7-9-14(10-8-13)22-17(28)11-29-20-26-25-19(27(20)21)18-15-5-4-6-16(15)23-24-18/h7-10,12H,3-6,11,21H2,1-2H3,(H,22,28)(H,23,24). The lowest BCUT2D eigenvalue weighted by Crippen LogP contribution is -2.16. The largest absolute Gasteiger partial charge is 0.335 e. The Morgan fingerprint density at radius 2 is 2.10 bits per heavy atom. The highest BCUT2D eigenvalue weighted by Crippen LogP contribution is 2.30. The maximum absolute atomic E-state index is 12.3. The Kier molecular flexibility index (Phi) is 5.57. The number of H-pyrrole nitrogens is 1. The predicted molar refractivity (Wildman–Crippen MR) is 114 cm³/mol. The second-order valence-electron chi connectivity index (χ2n) is 7.33. The highest BCUT2D eigenvalue weighted by atomic mass is 32.2. The molecule has 1 unspecified atom stereocenters. The second kappa shape index (κ2) is 8.28. The molecule has 29 heavy (non-hydrogen) atoms. The van der Waals surface area contributed by atoms with Crippen LogP contribution in [0.4, 0.5) is 5.69 Å². The van der Waals surface area contributed by atoms with Crippen LogP contribution in [-0.2, 0) is 17.6 Å². The third-order valence-electron chi connectivity index (χ3n) is 5.39. The molecular formula is C20H25N7OS. The van der Waals surface area contributed by atoms with E-state index in [-0.39, 0.29) is 11.7 Å². The molecule has 1 atom stereocenters. The minimum Gasteiger partial charge on any atom is -0.335 e. The minimum absolute atomic E-state index is 0.114. The van der Waals surface area contributed by atoms with Crippen molar-refractivity contribution < 1.29 is 4.79 Å². The van der Waals surface area contributed by atoms with E-state index in [2.05, 4.69) is 51.7 Å². The van der Waals surface area contributed by atoms with Gasteiger partial charge in [0, 0.05) is 16.9 Å². The highest BCUT2D eigenvalue weighted by molar-refractivity contribution is 7.99. The van der Waals surface area contributed by atoms with Gasteiger partial charge in [0.25, 0.3) is 0 Å². The smallest absolute Gasteiger partial charge is 0.234 e. The molecule has 0 radical (unpaired) electrons. The molecule has 2 heterocycles. The molecule has 1 amide bonds. The van der Waals surface area contributed by atoms with Gasteiger partial charge in [0.05, 0.1) is 5.75 Å². The van der Waals surface area contributed by atoms with E-state index in [9.17, 15) is 4.79 Å².